The Hall–Kier alpha value is -7.37. The Balaban J connectivity index is 0.000000349. The number of hydrogen-bond donors (Lipinski definition) is 6. The topological polar surface area (TPSA) is 259 Å². The lowest BCUT2D eigenvalue weighted by Crippen LogP contribution is -2.37. The Labute approximate surface area is 377 Å². The van der Waals surface area contributed by atoms with Gasteiger partial charge in [0.05, 0.1) is 0 Å². The number of carboxylic acid groups (broad SMARTS) is 1. The standard InChI is InChI=1S/C22H24F3N5O4S.C20H22N4O5S/c1-5-30-18(32)16(35-19(30)15(10-26)17(31)28-12-22(23,24)25)11-27-13-7-6-8-14(9-13)29-20(33)34-21(2,3)4;1-5-24-16(25)15(30-17(24)14(10-21)18(26)27)11-22-12-7-6-8-13(9-12)23-19(28)29-20(2,3)4/h6-9,11,27H,5,12H2,1-4H3,(H,28,31)(H,29,33);6-9,11,22H,5H2,1-4H3,(H,23,28)(H,26,27). The molecule has 3 amide bonds. The van der Waals surface area contributed by atoms with Crippen molar-refractivity contribution >= 4 is 93.0 Å². The van der Waals surface area contributed by atoms with Gasteiger partial charge in [0.1, 0.15) is 48.3 Å². The van der Waals surface area contributed by atoms with E-state index in [1.807, 2.05) is 0 Å². The first-order chi connectivity index (χ1) is 30.3. The van der Waals surface area contributed by atoms with Gasteiger partial charge in [0.15, 0.2) is 11.1 Å². The highest BCUT2D eigenvalue weighted by atomic mass is 32.1. The number of amides is 3. The highest BCUT2D eigenvalue weighted by Gasteiger charge is 2.29. The van der Waals surface area contributed by atoms with Crippen LogP contribution in [-0.2, 0) is 32.2 Å². The SMILES string of the molecule is CCn1c(=C(C#N)C(=O)NCC(F)(F)F)sc(=CNc2cccc(NC(=O)OC(C)(C)C)c2)c1=O.CCn1c(=C(C#N)C(=O)O)sc(=CNc2cccc(NC(=O)OC(C)(C)C)c2)c1=O. The predicted octanol–water partition coefficient (Wildman–Crippen LogP) is 4.37. The number of carbonyl (C=O) groups excluding carboxylic acids is 3. The molecule has 0 aliphatic rings. The number of nitriles is 2. The molecule has 0 saturated carbocycles. The number of anilines is 4. The Morgan fingerprint density at radius 3 is 1.43 bits per heavy atom. The first-order valence-electron chi connectivity index (χ1n) is 19.3. The summed E-state index contributed by atoms with van der Waals surface area (Å²) in [5.41, 5.74) is -1.30. The molecule has 2 aromatic heterocycles. The van der Waals surface area contributed by atoms with Crippen molar-refractivity contribution in [2.24, 2.45) is 0 Å². The summed E-state index contributed by atoms with van der Waals surface area (Å²) in [6.07, 6.45) is -3.10. The van der Waals surface area contributed by atoms with E-state index in [2.05, 4.69) is 21.3 Å². The van der Waals surface area contributed by atoms with Crippen molar-refractivity contribution in [1.82, 2.24) is 14.5 Å². The Kier molecular flexibility index (Phi) is 17.8. The van der Waals surface area contributed by atoms with Crippen LogP contribution < -0.4 is 56.1 Å². The molecule has 0 spiro atoms. The zero-order valence-corrected chi connectivity index (χ0v) is 38.0. The van der Waals surface area contributed by atoms with E-state index in [1.54, 1.807) is 121 Å². The Morgan fingerprint density at radius 2 is 1.09 bits per heavy atom. The van der Waals surface area contributed by atoms with Gasteiger partial charge in [0.25, 0.3) is 17.0 Å². The van der Waals surface area contributed by atoms with Crippen molar-refractivity contribution in [3.05, 3.63) is 87.6 Å². The number of ether oxygens (including phenoxy) is 2. The van der Waals surface area contributed by atoms with Gasteiger partial charge in [0, 0.05) is 48.2 Å². The van der Waals surface area contributed by atoms with Gasteiger partial charge >= 0.3 is 24.3 Å². The smallest absolute Gasteiger partial charge is 0.412 e. The Bertz CT molecular complexity index is 2890. The largest absolute Gasteiger partial charge is 0.477 e. The number of carbonyl (C=O) groups is 4. The van der Waals surface area contributed by atoms with Crippen LogP contribution in [0.15, 0.2) is 58.1 Å². The number of halogens is 3. The summed E-state index contributed by atoms with van der Waals surface area (Å²) < 4.78 is 50.4. The molecule has 4 rings (SSSR count). The van der Waals surface area contributed by atoms with Gasteiger partial charge in [-0.3, -0.25) is 34.2 Å². The van der Waals surface area contributed by atoms with Crippen LogP contribution in [0.5, 0.6) is 0 Å². The lowest BCUT2D eigenvalue weighted by Gasteiger charge is -2.19. The van der Waals surface area contributed by atoms with Crippen molar-refractivity contribution < 1.29 is 46.9 Å². The van der Waals surface area contributed by atoms with Crippen LogP contribution >= 0.6 is 22.7 Å². The maximum Gasteiger partial charge on any atom is 0.412 e. The molecule has 0 fully saturated rings. The summed E-state index contributed by atoms with van der Waals surface area (Å²) in [7, 11) is 0. The van der Waals surface area contributed by atoms with Crippen molar-refractivity contribution in [1.29, 1.82) is 10.5 Å². The molecule has 2 heterocycles. The van der Waals surface area contributed by atoms with Crippen molar-refractivity contribution in [2.75, 3.05) is 27.8 Å². The van der Waals surface area contributed by atoms with Crippen LogP contribution in [0.4, 0.5) is 45.5 Å². The minimum Gasteiger partial charge on any atom is -0.477 e. The fraction of sp³-hybridized carbons (Fsp3) is 0.333. The van der Waals surface area contributed by atoms with E-state index in [1.165, 1.54) is 17.0 Å². The van der Waals surface area contributed by atoms with Crippen molar-refractivity contribution in [2.45, 2.75) is 85.9 Å². The minimum atomic E-state index is -4.65. The van der Waals surface area contributed by atoms with Crippen LogP contribution in [0.1, 0.15) is 55.4 Å². The fourth-order valence-electron chi connectivity index (χ4n) is 5.15. The van der Waals surface area contributed by atoms with Crippen LogP contribution in [0.2, 0.25) is 0 Å². The molecule has 0 aliphatic carbocycles. The summed E-state index contributed by atoms with van der Waals surface area (Å²) in [6, 6.07) is 16.5. The van der Waals surface area contributed by atoms with Gasteiger partial charge in [0.2, 0.25) is 0 Å². The van der Waals surface area contributed by atoms with Crippen LogP contribution in [-0.4, -0.2) is 62.2 Å². The Morgan fingerprint density at radius 1 is 0.708 bits per heavy atom. The monoisotopic (exact) mass is 941 g/mol. The zero-order chi connectivity index (χ0) is 48.9. The van der Waals surface area contributed by atoms with E-state index < -0.39 is 70.3 Å². The number of nitrogens with zero attached hydrogens (tertiary/aromatic N) is 4. The summed E-state index contributed by atoms with van der Waals surface area (Å²) in [5, 5.41) is 40.4. The highest BCUT2D eigenvalue weighted by molar-refractivity contribution is 7.08. The zero-order valence-electron chi connectivity index (χ0n) is 36.3. The normalized spacial score (nSPS) is 12.9. The van der Waals surface area contributed by atoms with Gasteiger partial charge in [-0.25, -0.2) is 14.4 Å². The number of nitrogens with one attached hydrogen (secondary N) is 5. The summed E-state index contributed by atoms with van der Waals surface area (Å²) >= 11 is 1.70. The van der Waals surface area contributed by atoms with E-state index >= 15 is 0 Å². The second-order valence-electron chi connectivity index (χ2n) is 15.2. The number of aromatic nitrogens is 2. The van der Waals surface area contributed by atoms with E-state index in [9.17, 15) is 52.3 Å². The molecule has 18 nitrogen and oxygen atoms in total. The maximum atomic E-state index is 12.7. The third-order valence-electron chi connectivity index (χ3n) is 7.75. The first kappa shape index (κ1) is 52.0. The third kappa shape index (κ3) is 16.0. The third-order valence-corrected chi connectivity index (χ3v) is 10.0. The van der Waals surface area contributed by atoms with Crippen LogP contribution in [0.3, 0.4) is 0 Å². The van der Waals surface area contributed by atoms with Gasteiger partial charge in [-0.15, -0.1) is 22.7 Å². The van der Waals surface area contributed by atoms with Gasteiger partial charge < -0.3 is 30.5 Å². The van der Waals surface area contributed by atoms with Crippen molar-refractivity contribution in [3.63, 3.8) is 0 Å². The van der Waals surface area contributed by atoms with Gasteiger partial charge in [-0.1, -0.05) is 12.1 Å². The lowest BCUT2D eigenvalue weighted by molar-refractivity contribution is -0.135. The molecule has 0 bridgehead atoms. The number of rotatable bonds is 11. The number of hydrogen-bond acceptors (Lipinski definition) is 14. The molecule has 346 valence electrons. The molecule has 23 heteroatoms. The predicted molar refractivity (Wildman–Crippen MR) is 241 cm³/mol. The van der Waals surface area contributed by atoms with Crippen molar-refractivity contribution in [3.8, 4) is 12.1 Å². The molecule has 0 atom stereocenters. The fourth-order valence-corrected chi connectivity index (χ4v) is 7.32. The number of alkyl halides is 3. The minimum absolute atomic E-state index is 0.0620. The summed E-state index contributed by atoms with van der Waals surface area (Å²) in [4.78, 5) is 72.6. The summed E-state index contributed by atoms with van der Waals surface area (Å²) in [5.74, 6) is -2.62. The molecule has 0 saturated heterocycles. The molecule has 4 aromatic rings. The van der Waals surface area contributed by atoms with Crippen LogP contribution in [0, 0.1) is 22.7 Å². The number of thiazole rings is 2. The van der Waals surface area contributed by atoms with E-state index in [0.717, 1.165) is 27.2 Å². The average molecular weight is 942 g/mol. The van der Waals surface area contributed by atoms with Gasteiger partial charge in [-0.05, 0) is 91.8 Å². The molecule has 2 aromatic carbocycles. The molecule has 0 radical (unpaired) electrons. The molecule has 65 heavy (non-hydrogen) atoms. The molecule has 0 aliphatic heterocycles. The molecular weight excluding hydrogens is 896 g/mol. The second kappa shape index (κ2) is 22.3. The van der Waals surface area contributed by atoms with E-state index in [0.29, 0.717) is 22.7 Å². The van der Waals surface area contributed by atoms with Crippen LogP contribution in [0.25, 0.3) is 23.5 Å². The highest BCUT2D eigenvalue weighted by Crippen LogP contribution is 2.18. The molecule has 6 N–H and O–H groups in total. The molecule has 0 unspecified atom stereocenters. The quantitative estimate of drug-likeness (QED) is 0.122. The number of aliphatic carboxylic acids is 1. The maximum absolute atomic E-state index is 12.7. The second-order valence-corrected chi connectivity index (χ2v) is 17.3. The van der Waals surface area contributed by atoms with Gasteiger partial charge in [-0.2, -0.15) is 23.7 Å². The average Bonchev–Trinajstić information content (AvgIpc) is 3.68. The lowest BCUT2D eigenvalue weighted by atomic mass is 10.2. The summed E-state index contributed by atoms with van der Waals surface area (Å²) in [6.45, 7) is 12.5. The number of benzene rings is 2. The first-order valence-corrected chi connectivity index (χ1v) is 20.9. The number of carboxylic acids is 1. The van der Waals surface area contributed by atoms with E-state index in [4.69, 9.17) is 14.7 Å². The van der Waals surface area contributed by atoms with E-state index in [-0.39, 0.29) is 31.5 Å². The molecular formula is C42H46F3N9O9S2.